The van der Waals surface area contributed by atoms with Gasteiger partial charge in [0.05, 0.1) is 6.04 Å². The van der Waals surface area contributed by atoms with Crippen molar-refractivity contribution in [3.8, 4) is 0 Å². The van der Waals surface area contributed by atoms with E-state index in [0.29, 0.717) is 5.56 Å². The van der Waals surface area contributed by atoms with Gasteiger partial charge in [-0.2, -0.15) is 0 Å². The highest BCUT2D eigenvalue weighted by atomic mass is 32.2. The highest BCUT2D eigenvalue weighted by Crippen LogP contribution is 2.35. The number of anilines is 1. The van der Waals surface area contributed by atoms with Crippen LogP contribution in [0.15, 0.2) is 53.4 Å². The molecule has 2 aromatic carbocycles. The SMILES string of the molecule is CN(C)c1cccc(C(=O)NC2CCSc3ccccc32)c1. The number of benzene rings is 2. The molecule has 0 fully saturated rings. The molecule has 0 bridgehead atoms. The lowest BCUT2D eigenvalue weighted by atomic mass is 10.0. The van der Waals surface area contributed by atoms with Crippen LogP contribution in [0.4, 0.5) is 5.69 Å². The zero-order valence-electron chi connectivity index (χ0n) is 12.9. The van der Waals surface area contributed by atoms with E-state index in [4.69, 9.17) is 0 Å². The summed E-state index contributed by atoms with van der Waals surface area (Å²) in [6.07, 6.45) is 0.973. The minimum absolute atomic E-state index is 0.00426. The summed E-state index contributed by atoms with van der Waals surface area (Å²) >= 11 is 1.86. The van der Waals surface area contributed by atoms with Crippen LogP contribution in [-0.2, 0) is 0 Å². The molecule has 1 unspecified atom stereocenters. The molecule has 0 saturated carbocycles. The first-order chi connectivity index (χ1) is 10.6. The third-order valence-corrected chi connectivity index (χ3v) is 5.01. The van der Waals surface area contributed by atoms with Crippen LogP contribution >= 0.6 is 11.8 Å². The van der Waals surface area contributed by atoms with Crippen molar-refractivity contribution in [2.24, 2.45) is 0 Å². The quantitative estimate of drug-likeness (QED) is 0.937. The zero-order chi connectivity index (χ0) is 15.5. The second-order valence-electron chi connectivity index (χ2n) is 5.65. The summed E-state index contributed by atoms with van der Waals surface area (Å²) in [6.45, 7) is 0. The summed E-state index contributed by atoms with van der Waals surface area (Å²) in [5, 5.41) is 3.19. The number of rotatable bonds is 3. The van der Waals surface area contributed by atoms with E-state index in [-0.39, 0.29) is 11.9 Å². The number of hydrogen-bond donors (Lipinski definition) is 1. The molecule has 114 valence electrons. The monoisotopic (exact) mass is 312 g/mol. The summed E-state index contributed by atoms with van der Waals surface area (Å²) < 4.78 is 0. The van der Waals surface area contributed by atoms with Gasteiger partial charge in [-0.25, -0.2) is 0 Å². The van der Waals surface area contributed by atoms with Crippen molar-refractivity contribution < 1.29 is 4.79 Å². The van der Waals surface area contributed by atoms with E-state index in [1.807, 2.05) is 61.1 Å². The maximum absolute atomic E-state index is 12.6. The Bertz CT molecular complexity index is 684. The van der Waals surface area contributed by atoms with Crippen LogP contribution in [-0.4, -0.2) is 25.8 Å². The molecule has 0 saturated heterocycles. The van der Waals surface area contributed by atoms with E-state index >= 15 is 0 Å². The summed E-state index contributed by atoms with van der Waals surface area (Å²) in [7, 11) is 3.96. The van der Waals surface area contributed by atoms with Crippen LogP contribution < -0.4 is 10.2 Å². The number of carbonyl (C=O) groups is 1. The van der Waals surface area contributed by atoms with E-state index in [2.05, 4.69) is 23.5 Å². The molecule has 1 heterocycles. The maximum Gasteiger partial charge on any atom is 0.251 e. The fraction of sp³-hybridized carbons (Fsp3) is 0.278. The van der Waals surface area contributed by atoms with Gasteiger partial charge in [-0.15, -0.1) is 11.8 Å². The minimum atomic E-state index is -0.00426. The number of carbonyl (C=O) groups excluding carboxylic acids is 1. The Kier molecular flexibility index (Phi) is 4.39. The summed E-state index contributed by atoms with van der Waals surface area (Å²) in [5.41, 5.74) is 2.98. The molecule has 1 N–H and O–H groups in total. The number of nitrogens with zero attached hydrogens (tertiary/aromatic N) is 1. The lowest BCUT2D eigenvalue weighted by Gasteiger charge is -2.26. The van der Waals surface area contributed by atoms with Gasteiger partial charge in [-0.05, 0) is 36.2 Å². The molecule has 2 aromatic rings. The molecule has 3 rings (SSSR count). The molecule has 0 radical (unpaired) electrons. The van der Waals surface area contributed by atoms with E-state index in [0.717, 1.165) is 17.9 Å². The van der Waals surface area contributed by atoms with Crippen molar-refractivity contribution in [3.05, 3.63) is 59.7 Å². The molecule has 0 aromatic heterocycles. The van der Waals surface area contributed by atoms with Gasteiger partial charge >= 0.3 is 0 Å². The molecule has 0 aliphatic carbocycles. The first-order valence-electron chi connectivity index (χ1n) is 7.45. The van der Waals surface area contributed by atoms with Crippen molar-refractivity contribution in [1.82, 2.24) is 5.32 Å². The van der Waals surface area contributed by atoms with Gasteiger partial charge in [0.2, 0.25) is 0 Å². The van der Waals surface area contributed by atoms with Crippen LogP contribution in [0.2, 0.25) is 0 Å². The lowest BCUT2D eigenvalue weighted by Crippen LogP contribution is -2.30. The predicted octanol–water partition coefficient (Wildman–Crippen LogP) is 3.72. The van der Waals surface area contributed by atoms with E-state index in [9.17, 15) is 4.79 Å². The van der Waals surface area contributed by atoms with E-state index in [1.165, 1.54) is 10.5 Å². The molecule has 1 aliphatic heterocycles. The molecule has 1 atom stereocenters. The third-order valence-electron chi connectivity index (χ3n) is 3.89. The number of nitrogens with one attached hydrogen (secondary N) is 1. The smallest absolute Gasteiger partial charge is 0.251 e. The zero-order valence-corrected chi connectivity index (χ0v) is 13.7. The van der Waals surface area contributed by atoms with Crippen LogP contribution in [0.3, 0.4) is 0 Å². The van der Waals surface area contributed by atoms with Crippen molar-refractivity contribution in [1.29, 1.82) is 0 Å². The van der Waals surface area contributed by atoms with Crippen molar-refractivity contribution in [3.63, 3.8) is 0 Å². The lowest BCUT2D eigenvalue weighted by molar-refractivity contribution is 0.0935. The molecule has 22 heavy (non-hydrogen) atoms. The fourth-order valence-electron chi connectivity index (χ4n) is 2.66. The van der Waals surface area contributed by atoms with Gasteiger partial charge in [0, 0.05) is 36.0 Å². The minimum Gasteiger partial charge on any atom is -0.378 e. The second-order valence-corrected chi connectivity index (χ2v) is 6.78. The Morgan fingerprint density at radius 3 is 2.82 bits per heavy atom. The van der Waals surface area contributed by atoms with Crippen LogP contribution in [0.1, 0.15) is 28.4 Å². The highest BCUT2D eigenvalue weighted by Gasteiger charge is 2.22. The summed E-state index contributed by atoms with van der Waals surface area (Å²) in [6, 6.07) is 16.2. The van der Waals surface area contributed by atoms with Gasteiger partial charge in [0.1, 0.15) is 0 Å². The Balaban J connectivity index is 1.79. The first-order valence-corrected chi connectivity index (χ1v) is 8.43. The Morgan fingerprint density at radius 2 is 2.00 bits per heavy atom. The van der Waals surface area contributed by atoms with E-state index in [1.54, 1.807) is 0 Å². The van der Waals surface area contributed by atoms with Crippen molar-refractivity contribution in [2.45, 2.75) is 17.4 Å². The standard InChI is InChI=1S/C18H20N2OS/c1-20(2)14-7-5-6-13(12-14)18(21)19-16-10-11-22-17-9-4-3-8-15(16)17/h3-9,12,16H,10-11H2,1-2H3,(H,19,21). The summed E-state index contributed by atoms with van der Waals surface area (Å²) in [5.74, 6) is 1.04. The summed E-state index contributed by atoms with van der Waals surface area (Å²) in [4.78, 5) is 15.8. The highest BCUT2D eigenvalue weighted by molar-refractivity contribution is 7.99. The maximum atomic E-state index is 12.6. The molecular formula is C18H20N2OS. The number of fused-ring (bicyclic) bond motifs is 1. The van der Waals surface area contributed by atoms with Crippen LogP contribution in [0, 0.1) is 0 Å². The average molecular weight is 312 g/mol. The molecule has 1 aliphatic rings. The number of hydrogen-bond acceptors (Lipinski definition) is 3. The average Bonchev–Trinajstić information content (AvgIpc) is 2.55. The van der Waals surface area contributed by atoms with Gasteiger partial charge < -0.3 is 10.2 Å². The predicted molar refractivity (Wildman–Crippen MR) is 92.8 cm³/mol. The topological polar surface area (TPSA) is 32.3 Å². The second kappa shape index (κ2) is 6.44. The van der Waals surface area contributed by atoms with Gasteiger partial charge in [-0.1, -0.05) is 24.3 Å². The fourth-order valence-corrected chi connectivity index (χ4v) is 3.78. The van der Waals surface area contributed by atoms with Crippen LogP contribution in [0.5, 0.6) is 0 Å². The largest absolute Gasteiger partial charge is 0.378 e. The Labute approximate surface area is 135 Å². The number of amides is 1. The first kappa shape index (κ1) is 15.0. The van der Waals surface area contributed by atoms with Gasteiger partial charge in [0.25, 0.3) is 5.91 Å². The van der Waals surface area contributed by atoms with E-state index < -0.39 is 0 Å². The van der Waals surface area contributed by atoms with Crippen molar-refractivity contribution in [2.75, 3.05) is 24.7 Å². The normalized spacial score (nSPS) is 16.7. The molecule has 3 nitrogen and oxygen atoms in total. The molecular weight excluding hydrogens is 292 g/mol. The Morgan fingerprint density at radius 1 is 1.18 bits per heavy atom. The Hall–Kier alpha value is -1.94. The molecule has 0 spiro atoms. The van der Waals surface area contributed by atoms with Gasteiger partial charge in [-0.3, -0.25) is 4.79 Å². The third kappa shape index (κ3) is 3.12. The molecule has 4 heteroatoms. The number of thioether (sulfide) groups is 1. The molecule has 1 amide bonds. The van der Waals surface area contributed by atoms with Crippen molar-refractivity contribution >= 4 is 23.4 Å². The van der Waals surface area contributed by atoms with Crippen LogP contribution in [0.25, 0.3) is 0 Å². The van der Waals surface area contributed by atoms with Gasteiger partial charge in [0.15, 0.2) is 0 Å².